The average Bonchev–Trinajstić information content (AvgIpc) is 2.38. The second kappa shape index (κ2) is 6.29. The fraction of sp³-hybridized carbons (Fsp3) is 0.333. The molecule has 0 unspecified atom stereocenters. The van der Waals surface area contributed by atoms with Gasteiger partial charge in [0, 0.05) is 5.57 Å². The number of rotatable bonds is 5. The second-order valence-corrected chi connectivity index (χ2v) is 5.00. The van der Waals surface area contributed by atoms with Crippen LogP contribution in [0.3, 0.4) is 0 Å². The van der Waals surface area contributed by atoms with E-state index in [9.17, 15) is 9.59 Å². The number of hydrogen-bond acceptors (Lipinski definition) is 3. The van der Waals surface area contributed by atoms with E-state index < -0.39 is 5.97 Å². The van der Waals surface area contributed by atoms with Crippen LogP contribution < -0.4 is 0 Å². The third-order valence-corrected chi connectivity index (χ3v) is 2.80. The van der Waals surface area contributed by atoms with E-state index in [0.717, 1.165) is 0 Å². The van der Waals surface area contributed by atoms with Crippen LogP contribution in [0.25, 0.3) is 0 Å². The van der Waals surface area contributed by atoms with Crippen LogP contribution in [0, 0.1) is 0 Å². The van der Waals surface area contributed by atoms with Gasteiger partial charge in [0.05, 0.1) is 19.7 Å². The molecule has 0 heterocycles. The largest absolute Gasteiger partial charge is 0.456 e. The van der Waals surface area contributed by atoms with Crippen molar-refractivity contribution in [3.8, 4) is 0 Å². The van der Waals surface area contributed by atoms with Crippen LogP contribution in [0.2, 0.25) is 0 Å². The Kier molecular flexibility index (Phi) is 5.01. The number of esters is 1. The van der Waals surface area contributed by atoms with Crippen molar-refractivity contribution in [3.05, 3.63) is 48.0 Å². The van der Waals surface area contributed by atoms with Crippen LogP contribution in [-0.2, 0) is 9.53 Å². The van der Waals surface area contributed by atoms with Gasteiger partial charge >= 0.3 is 11.9 Å². The van der Waals surface area contributed by atoms with Crippen molar-refractivity contribution in [1.29, 1.82) is 0 Å². The molecule has 102 valence electrons. The van der Waals surface area contributed by atoms with E-state index in [-0.39, 0.29) is 17.0 Å². The Balaban J connectivity index is 2.59. The van der Waals surface area contributed by atoms with Gasteiger partial charge in [-0.1, -0.05) is 24.8 Å². The second-order valence-electron chi connectivity index (χ2n) is 5.00. The molecule has 0 saturated carbocycles. The predicted octanol–water partition coefficient (Wildman–Crippen LogP) is 2.02. The molecule has 0 aliphatic rings. The van der Waals surface area contributed by atoms with Gasteiger partial charge in [-0.15, -0.1) is 0 Å². The summed E-state index contributed by atoms with van der Waals surface area (Å²) >= 11 is 0. The number of quaternary nitrogens is 1. The first-order valence-corrected chi connectivity index (χ1v) is 6.10. The highest BCUT2D eigenvalue weighted by Gasteiger charge is 2.27. The molecule has 4 heteroatoms. The first kappa shape index (κ1) is 15.1. The summed E-state index contributed by atoms with van der Waals surface area (Å²) in [6.07, 6.45) is 0. The van der Waals surface area contributed by atoms with E-state index in [4.69, 9.17) is 4.74 Å². The molecule has 19 heavy (non-hydrogen) atoms. The molecule has 0 N–H and O–H groups in total. The summed E-state index contributed by atoms with van der Waals surface area (Å²) in [5.41, 5.74) is 1.01. The number of carbonyl (C=O) groups is 2. The maximum absolute atomic E-state index is 12.3. The van der Waals surface area contributed by atoms with E-state index in [0.29, 0.717) is 17.7 Å². The van der Waals surface area contributed by atoms with Gasteiger partial charge in [-0.05, 0) is 19.1 Å². The lowest BCUT2D eigenvalue weighted by Gasteiger charge is -2.26. The van der Waals surface area contributed by atoms with Crippen molar-refractivity contribution in [1.82, 2.24) is 0 Å². The molecule has 0 aliphatic heterocycles. The zero-order valence-electron chi connectivity index (χ0n) is 11.7. The normalized spacial score (nSPS) is 10.9. The highest BCUT2D eigenvalue weighted by Crippen LogP contribution is 2.09. The third-order valence-electron chi connectivity index (χ3n) is 2.80. The van der Waals surface area contributed by atoms with Crippen LogP contribution in [0.15, 0.2) is 42.5 Å². The Labute approximate surface area is 113 Å². The minimum atomic E-state index is -0.424. The van der Waals surface area contributed by atoms with Gasteiger partial charge in [-0.2, -0.15) is 0 Å². The zero-order chi connectivity index (χ0) is 14.5. The highest BCUT2D eigenvalue weighted by molar-refractivity contribution is 5.88. The molecule has 1 rings (SSSR count). The number of ether oxygens (including phenoxy) is 1. The van der Waals surface area contributed by atoms with Gasteiger partial charge in [0.2, 0.25) is 0 Å². The molecule has 0 aliphatic carbocycles. The Morgan fingerprint density at radius 2 is 1.79 bits per heavy atom. The molecule has 0 bridgehead atoms. The molecule has 0 radical (unpaired) electrons. The fourth-order valence-electron chi connectivity index (χ4n) is 1.52. The van der Waals surface area contributed by atoms with Crippen molar-refractivity contribution >= 4 is 11.9 Å². The minimum Gasteiger partial charge on any atom is -0.456 e. The number of likely N-dealkylation sites (N-methyl/N-ethyl adjacent to an activating group) is 1. The van der Waals surface area contributed by atoms with Crippen LogP contribution in [-0.4, -0.2) is 43.6 Å². The van der Waals surface area contributed by atoms with E-state index in [1.165, 1.54) is 0 Å². The maximum atomic E-state index is 12.3. The highest BCUT2D eigenvalue weighted by atomic mass is 16.5. The Bertz CT molecular complexity index is 477. The van der Waals surface area contributed by atoms with E-state index in [2.05, 4.69) is 6.58 Å². The number of benzene rings is 1. The van der Waals surface area contributed by atoms with Crippen molar-refractivity contribution in [3.63, 3.8) is 0 Å². The lowest BCUT2D eigenvalue weighted by atomic mass is 10.2. The monoisotopic (exact) mass is 262 g/mol. The third kappa shape index (κ3) is 4.34. The van der Waals surface area contributed by atoms with Crippen LogP contribution >= 0.6 is 0 Å². The van der Waals surface area contributed by atoms with Gasteiger partial charge in [0.15, 0.2) is 0 Å². The number of carbonyl (C=O) groups excluding carboxylic acids is 2. The van der Waals surface area contributed by atoms with Crippen LogP contribution in [0.5, 0.6) is 0 Å². The lowest BCUT2D eigenvalue weighted by Crippen LogP contribution is -2.47. The smallest absolute Gasteiger partial charge is 0.345 e. The quantitative estimate of drug-likeness (QED) is 0.463. The molecule has 0 fully saturated rings. The SMILES string of the molecule is C=C(C)C(=O)OCC[N+](C)(C)C(=O)c1ccccc1. The van der Waals surface area contributed by atoms with Gasteiger partial charge < -0.3 is 4.74 Å². The molecule has 1 aromatic rings. The Morgan fingerprint density at radius 3 is 2.32 bits per heavy atom. The van der Waals surface area contributed by atoms with Crippen LogP contribution in [0.1, 0.15) is 17.3 Å². The van der Waals surface area contributed by atoms with Gasteiger partial charge in [-0.25, -0.2) is 9.59 Å². The van der Waals surface area contributed by atoms with Crippen molar-refractivity contribution in [2.24, 2.45) is 0 Å². The molecule has 0 saturated heterocycles. The van der Waals surface area contributed by atoms with Gasteiger partial charge in [0.25, 0.3) is 0 Å². The molecular weight excluding hydrogens is 242 g/mol. The summed E-state index contributed by atoms with van der Waals surface area (Å²) in [6, 6.07) is 9.08. The molecule has 1 aromatic carbocycles. The number of amides is 1. The summed E-state index contributed by atoms with van der Waals surface area (Å²) in [7, 11) is 3.59. The van der Waals surface area contributed by atoms with Gasteiger partial charge in [0.1, 0.15) is 13.2 Å². The van der Waals surface area contributed by atoms with Crippen molar-refractivity contribution in [2.75, 3.05) is 27.2 Å². The molecule has 0 spiro atoms. The first-order valence-electron chi connectivity index (χ1n) is 6.10. The predicted molar refractivity (Wildman–Crippen MR) is 73.5 cm³/mol. The Morgan fingerprint density at radius 1 is 1.21 bits per heavy atom. The van der Waals surface area contributed by atoms with E-state index in [1.54, 1.807) is 33.2 Å². The zero-order valence-corrected chi connectivity index (χ0v) is 11.7. The summed E-state index contributed by atoms with van der Waals surface area (Å²) in [5.74, 6) is -0.431. The van der Waals surface area contributed by atoms with Crippen molar-refractivity contribution in [2.45, 2.75) is 6.92 Å². The molecule has 4 nitrogen and oxygen atoms in total. The maximum Gasteiger partial charge on any atom is 0.345 e. The summed E-state index contributed by atoms with van der Waals surface area (Å²) in [4.78, 5) is 23.5. The van der Waals surface area contributed by atoms with Gasteiger partial charge in [-0.3, -0.25) is 4.48 Å². The molecule has 0 atom stereocenters. The average molecular weight is 262 g/mol. The summed E-state index contributed by atoms with van der Waals surface area (Å²) in [6.45, 7) is 5.72. The Hall–Kier alpha value is -1.94. The molecular formula is C15H20NO3+. The van der Waals surface area contributed by atoms with E-state index in [1.807, 2.05) is 18.2 Å². The summed E-state index contributed by atoms with van der Waals surface area (Å²) < 4.78 is 5.15. The summed E-state index contributed by atoms with van der Waals surface area (Å²) in [5, 5.41) is 0. The number of hydrogen-bond donors (Lipinski definition) is 0. The minimum absolute atomic E-state index is 0.00743. The topological polar surface area (TPSA) is 43.4 Å². The number of nitrogens with zero attached hydrogens (tertiary/aromatic N) is 1. The molecule has 0 aromatic heterocycles. The van der Waals surface area contributed by atoms with E-state index >= 15 is 0 Å². The lowest BCUT2D eigenvalue weighted by molar-refractivity contribution is -0.807. The molecule has 1 amide bonds. The van der Waals surface area contributed by atoms with Crippen LogP contribution in [0.4, 0.5) is 0 Å². The van der Waals surface area contributed by atoms with Crippen molar-refractivity contribution < 1.29 is 18.8 Å². The fourth-order valence-corrected chi connectivity index (χ4v) is 1.52. The standard InChI is InChI=1S/C15H20NO3/c1-12(2)15(18)19-11-10-16(3,4)14(17)13-8-6-5-7-9-13/h5-9H,1,10-11H2,2-4H3/q+1. The first-order chi connectivity index (χ1) is 8.84.